The van der Waals surface area contributed by atoms with Gasteiger partial charge in [0, 0.05) is 51.0 Å². The van der Waals surface area contributed by atoms with Crippen molar-refractivity contribution in [2.45, 2.75) is 19.3 Å². The van der Waals surface area contributed by atoms with E-state index in [0.29, 0.717) is 71.9 Å². The molecule has 0 radical (unpaired) electrons. The highest BCUT2D eigenvalue weighted by Gasteiger charge is 2.28. The predicted octanol–water partition coefficient (Wildman–Crippen LogP) is 4.26. The van der Waals surface area contributed by atoms with Gasteiger partial charge in [-0.15, -0.1) is 0 Å². The molecule has 39 heavy (non-hydrogen) atoms. The topological polar surface area (TPSA) is 80.3 Å². The Hall–Kier alpha value is -4.08. The number of aromatic nitrogens is 2. The number of anilines is 2. The molecule has 2 fully saturated rings. The number of ether oxygens (including phenoxy) is 3. The average molecular weight is 536 g/mol. The molecule has 5 rings (SSSR count). The molecule has 10 heteroatoms. The Morgan fingerprint density at radius 3 is 2.10 bits per heavy atom. The molecule has 0 atom stereocenters. The van der Waals surface area contributed by atoms with Gasteiger partial charge >= 0.3 is 0 Å². The van der Waals surface area contributed by atoms with Crippen molar-refractivity contribution < 1.29 is 23.4 Å². The molecule has 3 aromatic rings. The van der Waals surface area contributed by atoms with E-state index in [9.17, 15) is 9.18 Å². The highest BCUT2D eigenvalue weighted by atomic mass is 19.1. The second-order valence-electron chi connectivity index (χ2n) is 9.62. The van der Waals surface area contributed by atoms with Crippen LogP contribution in [0, 0.1) is 5.82 Å². The van der Waals surface area contributed by atoms with E-state index in [1.807, 2.05) is 15.9 Å². The minimum Gasteiger partial charge on any atom is -0.493 e. The second-order valence-corrected chi connectivity index (χ2v) is 9.62. The molecule has 1 aromatic heterocycles. The first kappa shape index (κ1) is 26.5. The Morgan fingerprint density at radius 2 is 1.49 bits per heavy atom. The van der Waals surface area contributed by atoms with E-state index in [1.54, 1.807) is 51.8 Å². The van der Waals surface area contributed by atoms with Crippen molar-refractivity contribution in [1.29, 1.82) is 0 Å². The maximum atomic E-state index is 14.4. The lowest BCUT2D eigenvalue weighted by Gasteiger charge is -2.38. The van der Waals surface area contributed by atoms with Crippen molar-refractivity contribution in [3.63, 3.8) is 0 Å². The summed E-state index contributed by atoms with van der Waals surface area (Å²) < 4.78 is 30.9. The van der Waals surface area contributed by atoms with Gasteiger partial charge < -0.3 is 28.9 Å². The van der Waals surface area contributed by atoms with Crippen LogP contribution in [0.3, 0.4) is 0 Å². The number of hydrogen-bond acceptors (Lipinski definition) is 8. The van der Waals surface area contributed by atoms with Gasteiger partial charge in [-0.3, -0.25) is 4.79 Å². The van der Waals surface area contributed by atoms with Gasteiger partial charge in [-0.2, -0.15) is 0 Å². The summed E-state index contributed by atoms with van der Waals surface area (Å²) in [4.78, 5) is 29.2. The van der Waals surface area contributed by atoms with Crippen LogP contribution in [-0.2, 0) is 0 Å². The fourth-order valence-corrected chi connectivity index (χ4v) is 5.25. The molecule has 2 aliphatic rings. The van der Waals surface area contributed by atoms with Gasteiger partial charge in [0.1, 0.15) is 17.2 Å². The van der Waals surface area contributed by atoms with Crippen LogP contribution in [0.5, 0.6) is 17.2 Å². The molecular formula is C29H34FN5O4. The number of carbonyl (C=O) groups excluding carboxylic acids is 1. The van der Waals surface area contributed by atoms with E-state index in [0.717, 1.165) is 32.4 Å². The normalized spacial score (nSPS) is 15.7. The predicted molar refractivity (Wildman–Crippen MR) is 148 cm³/mol. The third-order valence-corrected chi connectivity index (χ3v) is 7.34. The first-order valence-electron chi connectivity index (χ1n) is 13.2. The monoisotopic (exact) mass is 535 g/mol. The number of piperazine rings is 1. The van der Waals surface area contributed by atoms with Gasteiger partial charge in [-0.1, -0.05) is 12.1 Å². The fraction of sp³-hybridized carbons (Fsp3) is 0.414. The number of benzene rings is 2. The van der Waals surface area contributed by atoms with Crippen LogP contribution in [0.15, 0.2) is 42.6 Å². The van der Waals surface area contributed by atoms with E-state index in [2.05, 4.69) is 9.88 Å². The summed E-state index contributed by atoms with van der Waals surface area (Å²) in [6.45, 7) is 3.83. The van der Waals surface area contributed by atoms with Gasteiger partial charge in [-0.25, -0.2) is 14.4 Å². The zero-order chi connectivity index (χ0) is 27.4. The van der Waals surface area contributed by atoms with Crippen molar-refractivity contribution >= 4 is 17.4 Å². The van der Waals surface area contributed by atoms with Crippen LogP contribution >= 0.6 is 0 Å². The van der Waals surface area contributed by atoms with Crippen molar-refractivity contribution in [2.75, 3.05) is 70.4 Å². The van der Waals surface area contributed by atoms with Crippen LogP contribution in [0.1, 0.15) is 29.6 Å². The Bertz CT molecular complexity index is 1300. The lowest BCUT2D eigenvalue weighted by molar-refractivity contribution is 0.0724. The molecule has 2 aliphatic heterocycles. The van der Waals surface area contributed by atoms with Crippen LogP contribution < -0.4 is 24.0 Å². The maximum absolute atomic E-state index is 14.4. The maximum Gasteiger partial charge on any atom is 0.259 e. The van der Waals surface area contributed by atoms with E-state index in [4.69, 9.17) is 19.2 Å². The number of hydrogen-bond donors (Lipinski definition) is 0. The quantitative estimate of drug-likeness (QED) is 0.444. The number of para-hydroxylation sites is 1. The van der Waals surface area contributed by atoms with Gasteiger partial charge in [0.25, 0.3) is 5.91 Å². The first-order valence-corrected chi connectivity index (χ1v) is 13.2. The highest BCUT2D eigenvalue weighted by Crippen LogP contribution is 2.41. The SMILES string of the molecule is COc1cc(-c2ncc(C(=O)N3CCCCC3)c(N3CCN(c4ccccc4F)CC3)n2)cc(OC)c1OC. The minimum atomic E-state index is -0.237. The summed E-state index contributed by atoms with van der Waals surface area (Å²) in [6.07, 6.45) is 4.74. The Kier molecular flexibility index (Phi) is 7.99. The number of nitrogens with zero attached hydrogens (tertiary/aromatic N) is 5. The second kappa shape index (κ2) is 11.8. The zero-order valence-electron chi connectivity index (χ0n) is 22.7. The summed E-state index contributed by atoms with van der Waals surface area (Å²) in [5.74, 6) is 2.18. The van der Waals surface area contributed by atoms with E-state index in [1.165, 1.54) is 6.07 Å². The number of likely N-dealkylation sites (tertiary alicyclic amines) is 1. The van der Waals surface area contributed by atoms with E-state index in [-0.39, 0.29) is 11.7 Å². The molecule has 0 N–H and O–H groups in total. The highest BCUT2D eigenvalue weighted by molar-refractivity contribution is 5.99. The molecule has 9 nitrogen and oxygen atoms in total. The minimum absolute atomic E-state index is 0.0577. The molecule has 0 unspecified atom stereocenters. The van der Waals surface area contributed by atoms with Crippen LogP contribution in [0.2, 0.25) is 0 Å². The Morgan fingerprint density at radius 1 is 0.846 bits per heavy atom. The molecule has 0 saturated carbocycles. The lowest BCUT2D eigenvalue weighted by atomic mass is 10.1. The largest absolute Gasteiger partial charge is 0.493 e. The van der Waals surface area contributed by atoms with Gasteiger partial charge in [0.2, 0.25) is 5.75 Å². The molecule has 0 bridgehead atoms. The average Bonchev–Trinajstić information content (AvgIpc) is 3.00. The van der Waals surface area contributed by atoms with E-state index >= 15 is 0 Å². The van der Waals surface area contributed by atoms with Gasteiger partial charge in [0.05, 0.1) is 27.0 Å². The third kappa shape index (κ3) is 5.41. The molecule has 0 aliphatic carbocycles. The van der Waals surface area contributed by atoms with Gasteiger partial charge in [0.15, 0.2) is 17.3 Å². The molecule has 206 valence electrons. The molecule has 0 spiro atoms. The van der Waals surface area contributed by atoms with Crippen LogP contribution in [-0.4, -0.2) is 81.4 Å². The summed E-state index contributed by atoms with van der Waals surface area (Å²) in [7, 11) is 4.67. The molecular weight excluding hydrogens is 501 g/mol. The van der Waals surface area contributed by atoms with Crippen molar-refractivity contribution in [2.24, 2.45) is 0 Å². The summed E-state index contributed by atoms with van der Waals surface area (Å²) in [6, 6.07) is 10.4. The van der Waals surface area contributed by atoms with Crippen molar-refractivity contribution in [1.82, 2.24) is 14.9 Å². The fourth-order valence-electron chi connectivity index (χ4n) is 5.25. The number of methoxy groups -OCH3 is 3. The number of piperidine rings is 1. The van der Waals surface area contributed by atoms with Crippen molar-refractivity contribution in [3.05, 3.63) is 54.0 Å². The van der Waals surface area contributed by atoms with Crippen LogP contribution in [0.4, 0.5) is 15.9 Å². The van der Waals surface area contributed by atoms with E-state index < -0.39 is 0 Å². The molecule has 3 heterocycles. The molecule has 2 saturated heterocycles. The number of halogens is 1. The number of rotatable bonds is 7. The third-order valence-electron chi connectivity index (χ3n) is 7.34. The Labute approximate surface area is 228 Å². The lowest BCUT2D eigenvalue weighted by Crippen LogP contribution is -2.48. The first-order chi connectivity index (χ1) is 19.0. The summed E-state index contributed by atoms with van der Waals surface area (Å²) in [5.41, 5.74) is 1.74. The zero-order valence-corrected chi connectivity index (χ0v) is 22.7. The van der Waals surface area contributed by atoms with Crippen molar-refractivity contribution in [3.8, 4) is 28.6 Å². The summed E-state index contributed by atoms with van der Waals surface area (Å²) >= 11 is 0. The standard InChI is InChI=1S/C29H34FN5O4/c1-37-24-17-20(18-25(38-2)26(24)39-3)27-31-19-21(29(36)35-11-7-4-8-12-35)28(32-27)34-15-13-33(14-16-34)23-10-6-5-9-22(23)30/h5-6,9-10,17-19H,4,7-8,11-16H2,1-3H3. The Balaban J connectivity index is 1.50. The van der Waals surface area contributed by atoms with Gasteiger partial charge in [-0.05, 0) is 43.5 Å². The molecule has 1 amide bonds. The summed E-state index contributed by atoms with van der Waals surface area (Å²) in [5, 5.41) is 0. The number of amides is 1. The number of carbonyl (C=O) groups is 1. The smallest absolute Gasteiger partial charge is 0.259 e. The molecule has 2 aromatic carbocycles. The van der Waals surface area contributed by atoms with Crippen LogP contribution in [0.25, 0.3) is 11.4 Å².